The summed E-state index contributed by atoms with van der Waals surface area (Å²) in [5.41, 5.74) is 0.626. The summed E-state index contributed by atoms with van der Waals surface area (Å²) in [7, 11) is -1.83. The lowest BCUT2D eigenvalue weighted by Crippen LogP contribution is -2.06. The van der Waals surface area contributed by atoms with Gasteiger partial charge in [-0.3, -0.25) is 4.79 Å². The lowest BCUT2D eigenvalue weighted by molar-refractivity contribution is -0.137. The summed E-state index contributed by atoms with van der Waals surface area (Å²) < 4.78 is 29.1. The zero-order chi connectivity index (χ0) is 13.3. The number of rotatable bonds is 4. The van der Waals surface area contributed by atoms with Gasteiger partial charge in [0, 0.05) is 17.9 Å². The molecule has 5 nitrogen and oxygen atoms in total. The highest BCUT2D eigenvalue weighted by Crippen LogP contribution is 2.42. The van der Waals surface area contributed by atoms with E-state index in [4.69, 9.17) is 9.84 Å². The van der Waals surface area contributed by atoms with E-state index in [1.54, 1.807) is 18.2 Å². The number of carboxylic acid groups (broad SMARTS) is 1. The predicted octanol–water partition coefficient (Wildman–Crippen LogP) is 1.43. The van der Waals surface area contributed by atoms with Crippen molar-refractivity contribution in [2.75, 3.05) is 12.9 Å². The van der Waals surface area contributed by atoms with Crippen LogP contribution in [0.2, 0.25) is 0 Å². The summed E-state index contributed by atoms with van der Waals surface area (Å²) in [5.74, 6) is -0.729. The van der Waals surface area contributed by atoms with Gasteiger partial charge in [-0.05, 0) is 18.6 Å². The normalized spacial score (nSPS) is 20.4. The molecule has 0 spiro atoms. The second-order valence-corrected chi connectivity index (χ2v) is 6.29. The first-order chi connectivity index (χ1) is 8.45. The number of aliphatic carboxylic acids is 1. The molecule has 6 heteroatoms. The number of hydrogen-bond acceptors (Lipinski definition) is 4. The number of ether oxygens (including phenoxy) is 1. The SMILES string of the molecule is COc1cccc2c1C(CCC(=O)O)CS2(=O)=O. The highest BCUT2D eigenvalue weighted by atomic mass is 32.2. The molecule has 1 aliphatic heterocycles. The van der Waals surface area contributed by atoms with Gasteiger partial charge >= 0.3 is 5.97 Å². The van der Waals surface area contributed by atoms with E-state index in [2.05, 4.69) is 0 Å². The van der Waals surface area contributed by atoms with Crippen LogP contribution in [0, 0.1) is 0 Å². The van der Waals surface area contributed by atoms with Crippen molar-refractivity contribution in [2.45, 2.75) is 23.7 Å². The molecular weight excluding hydrogens is 256 g/mol. The fourth-order valence-corrected chi connectivity index (χ4v) is 4.27. The lowest BCUT2D eigenvalue weighted by Gasteiger charge is -2.12. The molecule has 1 heterocycles. The third kappa shape index (κ3) is 2.20. The molecule has 1 aliphatic rings. The topological polar surface area (TPSA) is 80.7 Å². The van der Waals surface area contributed by atoms with Crippen LogP contribution in [-0.4, -0.2) is 32.4 Å². The van der Waals surface area contributed by atoms with Crippen molar-refractivity contribution in [2.24, 2.45) is 0 Å². The maximum atomic E-state index is 12.0. The van der Waals surface area contributed by atoms with Crippen LogP contribution in [0.15, 0.2) is 23.1 Å². The monoisotopic (exact) mass is 270 g/mol. The number of carbonyl (C=O) groups is 1. The molecule has 98 valence electrons. The molecular formula is C12H14O5S. The van der Waals surface area contributed by atoms with Gasteiger partial charge in [0.2, 0.25) is 0 Å². The van der Waals surface area contributed by atoms with Crippen LogP contribution in [0.5, 0.6) is 5.75 Å². The molecule has 0 amide bonds. The molecule has 0 saturated carbocycles. The van der Waals surface area contributed by atoms with Crippen LogP contribution in [0.4, 0.5) is 0 Å². The third-order valence-corrected chi connectivity index (χ3v) is 4.98. The van der Waals surface area contributed by atoms with E-state index in [0.717, 1.165) is 0 Å². The first-order valence-electron chi connectivity index (χ1n) is 5.57. The van der Waals surface area contributed by atoms with Crippen molar-refractivity contribution in [3.63, 3.8) is 0 Å². The Morgan fingerprint density at radius 1 is 1.50 bits per heavy atom. The van der Waals surface area contributed by atoms with Gasteiger partial charge in [-0.25, -0.2) is 8.42 Å². The zero-order valence-electron chi connectivity index (χ0n) is 9.92. The Kier molecular flexibility index (Phi) is 3.30. The summed E-state index contributed by atoms with van der Waals surface area (Å²) in [6, 6.07) is 4.89. The van der Waals surface area contributed by atoms with Crippen molar-refractivity contribution in [1.29, 1.82) is 0 Å². The van der Waals surface area contributed by atoms with E-state index in [-0.39, 0.29) is 23.0 Å². The summed E-state index contributed by atoms with van der Waals surface area (Å²) in [4.78, 5) is 10.9. The molecule has 0 fully saturated rings. The van der Waals surface area contributed by atoms with Gasteiger partial charge in [-0.15, -0.1) is 0 Å². The van der Waals surface area contributed by atoms with Crippen molar-refractivity contribution >= 4 is 15.8 Å². The van der Waals surface area contributed by atoms with Gasteiger partial charge in [0.25, 0.3) is 0 Å². The smallest absolute Gasteiger partial charge is 0.303 e. The summed E-state index contributed by atoms with van der Waals surface area (Å²) in [6.45, 7) is 0. The molecule has 0 aromatic heterocycles. The molecule has 0 bridgehead atoms. The first kappa shape index (κ1) is 12.9. The lowest BCUT2D eigenvalue weighted by atomic mass is 9.95. The van der Waals surface area contributed by atoms with Crippen molar-refractivity contribution in [3.05, 3.63) is 23.8 Å². The first-order valence-corrected chi connectivity index (χ1v) is 7.22. The number of hydrogen-bond donors (Lipinski definition) is 1. The quantitative estimate of drug-likeness (QED) is 0.895. The van der Waals surface area contributed by atoms with Gasteiger partial charge in [0.15, 0.2) is 9.84 Å². The Balaban J connectivity index is 2.43. The molecule has 0 radical (unpaired) electrons. The molecule has 0 aliphatic carbocycles. The van der Waals surface area contributed by atoms with Gasteiger partial charge < -0.3 is 9.84 Å². The second kappa shape index (κ2) is 4.61. The molecule has 1 aromatic rings. The fraction of sp³-hybridized carbons (Fsp3) is 0.417. The van der Waals surface area contributed by atoms with E-state index >= 15 is 0 Å². The highest BCUT2D eigenvalue weighted by molar-refractivity contribution is 7.91. The molecule has 1 N–H and O–H groups in total. The Morgan fingerprint density at radius 2 is 2.22 bits per heavy atom. The molecule has 1 aromatic carbocycles. The van der Waals surface area contributed by atoms with Crippen LogP contribution in [0.1, 0.15) is 24.3 Å². The van der Waals surface area contributed by atoms with Gasteiger partial charge in [0.1, 0.15) is 5.75 Å². The number of sulfone groups is 1. The Labute approximate surface area is 105 Å². The van der Waals surface area contributed by atoms with Crippen molar-refractivity contribution in [1.82, 2.24) is 0 Å². The molecule has 1 atom stereocenters. The predicted molar refractivity (Wildman–Crippen MR) is 64.7 cm³/mol. The Hall–Kier alpha value is -1.56. The maximum absolute atomic E-state index is 12.0. The minimum absolute atomic E-state index is 0.0318. The number of methoxy groups -OCH3 is 1. The molecule has 0 saturated heterocycles. The molecule has 18 heavy (non-hydrogen) atoms. The average molecular weight is 270 g/mol. The molecule has 2 rings (SSSR count). The number of benzene rings is 1. The van der Waals surface area contributed by atoms with Crippen LogP contribution < -0.4 is 4.74 Å². The number of carboxylic acids is 1. The van der Waals surface area contributed by atoms with Gasteiger partial charge in [-0.1, -0.05) is 6.07 Å². The summed E-state index contributed by atoms with van der Waals surface area (Å²) in [5, 5.41) is 8.70. The van der Waals surface area contributed by atoms with E-state index in [1.165, 1.54) is 7.11 Å². The zero-order valence-corrected chi connectivity index (χ0v) is 10.7. The largest absolute Gasteiger partial charge is 0.496 e. The summed E-state index contributed by atoms with van der Waals surface area (Å²) in [6.07, 6.45) is 0.264. The Bertz CT molecular complexity index is 576. The highest BCUT2D eigenvalue weighted by Gasteiger charge is 2.36. The van der Waals surface area contributed by atoms with Gasteiger partial charge in [-0.2, -0.15) is 0 Å². The van der Waals surface area contributed by atoms with Crippen LogP contribution in [0.3, 0.4) is 0 Å². The fourth-order valence-electron chi connectivity index (χ4n) is 2.34. The second-order valence-electron chi connectivity index (χ2n) is 4.28. The van der Waals surface area contributed by atoms with Crippen LogP contribution in [-0.2, 0) is 14.6 Å². The minimum Gasteiger partial charge on any atom is -0.496 e. The minimum atomic E-state index is -3.31. The van der Waals surface area contributed by atoms with Crippen LogP contribution in [0.25, 0.3) is 0 Å². The van der Waals surface area contributed by atoms with E-state index in [9.17, 15) is 13.2 Å². The van der Waals surface area contributed by atoms with Crippen LogP contribution >= 0.6 is 0 Å². The molecule has 1 unspecified atom stereocenters. The van der Waals surface area contributed by atoms with E-state index in [0.29, 0.717) is 17.7 Å². The van der Waals surface area contributed by atoms with Crippen molar-refractivity contribution in [3.8, 4) is 5.75 Å². The number of fused-ring (bicyclic) bond motifs is 1. The maximum Gasteiger partial charge on any atom is 0.303 e. The standard InChI is InChI=1S/C12H14O5S/c1-17-9-3-2-4-10-12(9)8(5-6-11(13)14)7-18(10,15)16/h2-4,8H,5-7H2,1H3,(H,13,14). The van der Waals surface area contributed by atoms with E-state index < -0.39 is 15.8 Å². The Morgan fingerprint density at radius 3 is 2.83 bits per heavy atom. The van der Waals surface area contributed by atoms with Crippen molar-refractivity contribution < 1.29 is 23.1 Å². The average Bonchev–Trinajstić information content (AvgIpc) is 2.59. The summed E-state index contributed by atoms with van der Waals surface area (Å²) >= 11 is 0. The third-order valence-electron chi connectivity index (χ3n) is 3.12. The van der Waals surface area contributed by atoms with E-state index in [1.807, 2.05) is 0 Å². The van der Waals surface area contributed by atoms with Gasteiger partial charge in [0.05, 0.1) is 17.8 Å².